The van der Waals surface area contributed by atoms with E-state index in [1.165, 1.54) is 6.33 Å². The monoisotopic (exact) mass is 271 g/mol. The van der Waals surface area contributed by atoms with Crippen molar-refractivity contribution in [2.24, 2.45) is 0 Å². The Morgan fingerprint density at radius 1 is 1.28 bits per heavy atom. The lowest BCUT2D eigenvalue weighted by Crippen LogP contribution is -2.40. The molecule has 0 aliphatic rings. The molecule has 1 rings (SSSR count). The van der Waals surface area contributed by atoms with E-state index in [1.807, 2.05) is 0 Å². The number of nitrogens with one attached hydrogen (secondary N) is 1. The highest BCUT2D eigenvalue weighted by molar-refractivity contribution is 6.32. The van der Waals surface area contributed by atoms with Crippen LogP contribution in [0.25, 0.3) is 0 Å². The zero-order chi connectivity index (χ0) is 13.7. The van der Waals surface area contributed by atoms with Crippen molar-refractivity contribution >= 4 is 23.1 Å². The largest absolute Gasteiger partial charge is 0.393 e. The lowest BCUT2D eigenvalue weighted by atomic mass is 10.2. The Bertz CT molecular complexity index is 373. The molecular weight excluding hydrogens is 250 g/mol. The van der Waals surface area contributed by atoms with Crippen LogP contribution in [0, 0.1) is 0 Å². The zero-order valence-electron chi connectivity index (χ0n) is 11.4. The molecule has 0 saturated heterocycles. The van der Waals surface area contributed by atoms with Gasteiger partial charge in [-0.15, -0.1) is 0 Å². The summed E-state index contributed by atoms with van der Waals surface area (Å²) in [4.78, 5) is 10.3. The van der Waals surface area contributed by atoms with Crippen LogP contribution >= 0.6 is 11.6 Å². The predicted octanol–water partition coefficient (Wildman–Crippen LogP) is 2.24. The molecule has 0 radical (unpaired) electrons. The van der Waals surface area contributed by atoms with Gasteiger partial charge in [0.2, 0.25) is 0 Å². The van der Waals surface area contributed by atoms with Crippen molar-refractivity contribution in [3.05, 3.63) is 11.5 Å². The third-order valence-electron chi connectivity index (χ3n) is 2.82. The molecule has 102 valence electrons. The number of rotatable bonds is 6. The molecule has 0 aromatic carbocycles. The highest BCUT2D eigenvalue weighted by Crippen LogP contribution is 2.21. The fraction of sp³-hybridized carbons (Fsp3) is 0.667. The molecule has 0 aliphatic heterocycles. The van der Waals surface area contributed by atoms with Gasteiger partial charge in [-0.05, 0) is 27.7 Å². The van der Waals surface area contributed by atoms with Gasteiger partial charge in [-0.25, -0.2) is 9.97 Å². The van der Waals surface area contributed by atoms with Crippen LogP contribution in [0.15, 0.2) is 6.33 Å². The number of aromatic nitrogens is 2. The first kappa shape index (κ1) is 15.0. The van der Waals surface area contributed by atoms with Gasteiger partial charge in [0.15, 0.2) is 11.0 Å². The van der Waals surface area contributed by atoms with E-state index >= 15 is 0 Å². The van der Waals surface area contributed by atoms with Crippen molar-refractivity contribution in [2.75, 3.05) is 24.1 Å². The molecule has 0 amide bonds. The quantitative estimate of drug-likeness (QED) is 0.777. The van der Waals surface area contributed by atoms with Gasteiger partial charge in [0.25, 0.3) is 0 Å². The van der Waals surface area contributed by atoms with Gasteiger partial charge in [0.05, 0.1) is 0 Å². The van der Waals surface area contributed by atoms with Crippen LogP contribution in [0.5, 0.6) is 0 Å². The maximum Gasteiger partial charge on any atom is 0.157 e. The van der Waals surface area contributed by atoms with Gasteiger partial charge >= 0.3 is 0 Å². The Morgan fingerprint density at radius 3 is 2.44 bits per heavy atom. The lowest BCUT2D eigenvalue weighted by molar-refractivity contribution is 0.182. The summed E-state index contributed by atoms with van der Waals surface area (Å²) >= 11 is 5.83. The van der Waals surface area contributed by atoms with Crippen LogP contribution < -0.4 is 11.1 Å². The number of nitrogens with zero attached hydrogens (tertiary/aromatic N) is 3. The molecule has 6 heteroatoms. The first-order chi connectivity index (χ1) is 8.43. The van der Waals surface area contributed by atoms with Crippen molar-refractivity contribution in [3.8, 4) is 0 Å². The van der Waals surface area contributed by atoms with Gasteiger partial charge in [0.1, 0.15) is 12.0 Å². The van der Waals surface area contributed by atoms with Crippen molar-refractivity contribution < 1.29 is 0 Å². The SMILES string of the molecule is CC(C)N(CCNc1ncnc(Cl)c1N)C(C)C. The highest BCUT2D eigenvalue weighted by Gasteiger charge is 2.13. The normalized spacial score (nSPS) is 11.6. The molecule has 18 heavy (non-hydrogen) atoms. The molecule has 0 unspecified atom stereocenters. The summed E-state index contributed by atoms with van der Waals surface area (Å²) in [6.07, 6.45) is 1.41. The molecule has 0 bridgehead atoms. The smallest absolute Gasteiger partial charge is 0.157 e. The lowest BCUT2D eigenvalue weighted by Gasteiger charge is -2.30. The van der Waals surface area contributed by atoms with Crippen molar-refractivity contribution in [3.63, 3.8) is 0 Å². The summed E-state index contributed by atoms with van der Waals surface area (Å²) in [6.45, 7) is 10.5. The second-order valence-corrected chi connectivity index (χ2v) is 5.14. The van der Waals surface area contributed by atoms with Crippen molar-refractivity contribution in [1.82, 2.24) is 14.9 Å². The first-order valence-electron chi connectivity index (χ1n) is 6.19. The molecule has 1 heterocycles. The van der Waals surface area contributed by atoms with Crippen LogP contribution in [-0.4, -0.2) is 40.0 Å². The highest BCUT2D eigenvalue weighted by atomic mass is 35.5. The van der Waals surface area contributed by atoms with Crippen LogP contribution in [0.2, 0.25) is 5.15 Å². The van der Waals surface area contributed by atoms with Crippen molar-refractivity contribution in [2.45, 2.75) is 39.8 Å². The van der Waals surface area contributed by atoms with E-state index in [2.05, 4.69) is 47.9 Å². The van der Waals surface area contributed by atoms with Gasteiger partial charge in [0, 0.05) is 25.2 Å². The Hall–Kier alpha value is -1.07. The number of anilines is 2. The van der Waals surface area contributed by atoms with Crippen molar-refractivity contribution in [1.29, 1.82) is 0 Å². The number of hydrogen-bond acceptors (Lipinski definition) is 5. The van der Waals surface area contributed by atoms with Gasteiger partial charge in [-0.2, -0.15) is 0 Å². The second-order valence-electron chi connectivity index (χ2n) is 4.78. The summed E-state index contributed by atoms with van der Waals surface area (Å²) < 4.78 is 0. The van der Waals surface area contributed by atoms with E-state index in [-0.39, 0.29) is 5.15 Å². The maximum atomic E-state index is 5.83. The molecule has 5 nitrogen and oxygen atoms in total. The molecule has 0 aliphatic carbocycles. The summed E-state index contributed by atoms with van der Waals surface area (Å²) in [5, 5.41) is 3.48. The summed E-state index contributed by atoms with van der Waals surface area (Å²) in [5.41, 5.74) is 6.19. The minimum atomic E-state index is 0.289. The average Bonchev–Trinajstić information content (AvgIpc) is 2.28. The van der Waals surface area contributed by atoms with Crippen LogP contribution in [0.1, 0.15) is 27.7 Å². The average molecular weight is 272 g/mol. The summed E-state index contributed by atoms with van der Waals surface area (Å²) in [7, 11) is 0. The molecule has 0 fully saturated rings. The first-order valence-corrected chi connectivity index (χ1v) is 6.56. The fourth-order valence-electron chi connectivity index (χ4n) is 1.93. The van der Waals surface area contributed by atoms with Gasteiger partial charge in [-0.3, -0.25) is 4.90 Å². The maximum absolute atomic E-state index is 5.83. The third kappa shape index (κ3) is 3.99. The van der Waals surface area contributed by atoms with E-state index < -0.39 is 0 Å². The fourth-order valence-corrected chi connectivity index (χ4v) is 2.06. The number of hydrogen-bond donors (Lipinski definition) is 2. The van der Waals surface area contributed by atoms with E-state index in [0.717, 1.165) is 13.1 Å². The predicted molar refractivity (Wildman–Crippen MR) is 76.9 cm³/mol. The Labute approximate surface area is 114 Å². The van der Waals surface area contributed by atoms with Crippen LogP contribution in [0.4, 0.5) is 11.5 Å². The van der Waals surface area contributed by atoms with E-state index in [1.54, 1.807) is 0 Å². The molecule has 0 spiro atoms. The minimum absolute atomic E-state index is 0.289. The Balaban J connectivity index is 2.53. The van der Waals surface area contributed by atoms with E-state index in [0.29, 0.717) is 23.6 Å². The molecular formula is C12H22ClN5. The Morgan fingerprint density at radius 2 is 1.89 bits per heavy atom. The minimum Gasteiger partial charge on any atom is -0.393 e. The number of halogens is 1. The van der Waals surface area contributed by atoms with Crippen LogP contribution in [0.3, 0.4) is 0 Å². The Kier molecular flexibility index (Phi) is 5.62. The molecule has 0 saturated carbocycles. The van der Waals surface area contributed by atoms with Gasteiger partial charge < -0.3 is 11.1 Å². The van der Waals surface area contributed by atoms with Crippen LogP contribution in [-0.2, 0) is 0 Å². The van der Waals surface area contributed by atoms with E-state index in [9.17, 15) is 0 Å². The molecule has 0 atom stereocenters. The number of nitrogen functional groups attached to an aromatic ring is 1. The molecule has 3 N–H and O–H groups in total. The molecule has 1 aromatic heterocycles. The van der Waals surface area contributed by atoms with Gasteiger partial charge in [-0.1, -0.05) is 11.6 Å². The second kappa shape index (κ2) is 6.75. The summed E-state index contributed by atoms with van der Waals surface area (Å²) in [6, 6.07) is 1.02. The summed E-state index contributed by atoms with van der Waals surface area (Å²) in [5.74, 6) is 0.600. The number of nitrogens with two attached hydrogens (primary N) is 1. The standard InChI is InChI=1S/C12H22ClN5/c1-8(2)18(9(3)4)6-5-15-12-10(14)11(13)16-7-17-12/h7-9H,5-6,14H2,1-4H3,(H,15,16,17). The van der Waals surface area contributed by atoms with E-state index in [4.69, 9.17) is 17.3 Å². The third-order valence-corrected chi connectivity index (χ3v) is 3.13. The molecule has 1 aromatic rings. The topological polar surface area (TPSA) is 67.1 Å². The zero-order valence-corrected chi connectivity index (χ0v) is 12.2.